The maximum absolute atomic E-state index is 6.18. The van der Waals surface area contributed by atoms with Crippen LogP contribution in [0.3, 0.4) is 0 Å². The van der Waals surface area contributed by atoms with Crippen LogP contribution in [0.2, 0.25) is 0 Å². The molecule has 2 heteroatoms. The summed E-state index contributed by atoms with van der Waals surface area (Å²) in [4.78, 5) is 2.29. The maximum atomic E-state index is 6.18. The third kappa shape index (κ3) is 3.95. The Hall–Kier alpha value is -0.860. The number of hydrogen-bond donors (Lipinski definition) is 1. The Morgan fingerprint density at radius 3 is 2.31 bits per heavy atom. The van der Waals surface area contributed by atoms with Crippen molar-refractivity contribution in [1.29, 1.82) is 0 Å². The van der Waals surface area contributed by atoms with Gasteiger partial charge in [0, 0.05) is 12.6 Å². The predicted molar refractivity (Wildman–Crippen MR) is 70.5 cm³/mol. The van der Waals surface area contributed by atoms with Gasteiger partial charge in [0.25, 0.3) is 0 Å². The molecular formula is C14H24N2. The van der Waals surface area contributed by atoms with Crippen LogP contribution in [0, 0.1) is 0 Å². The normalized spacial score (nSPS) is 13.1. The Kier molecular flexibility index (Phi) is 5.50. The van der Waals surface area contributed by atoms with Crippen LogP contribution >= 0.6 is 0 Å². The van der Waals surface area contributed by atoms with Crippen LogP contribution in [-0.4, -0.2) is 25.0 Å². The van der Waals surface area contributed by atoms with E-state index >= 15 is 0 Å². The number of nitrogens with two attached hydrogens (primary N) is 1. The SMILES string of the molecule is CCCN(C)CC(N)c1ccc(CC)cc1. The van der Waals surface area contributed by atoms with Crippen molar-refractivity contribution in [2.45, 2.75) is 32.7 Å². The Morgan fingerprint density at radius 2 is 1.81 bits per heavy atom. The van der Waals surface area contributed by atoms with Gasteiger partial charge in [-0.25, -0.2) is 0 Å². The standard InChI is InChI=1S/C14H24N2/c1-4-10-16(3)11-14(15)13-8-6-12(5-2)7-9-13/h6-9,14H,4-5,10-11,15H2,1-3H3. The third-order valence-corrected chi connectivity index (χ3v) is 2.93. The van der Waals surface area contributed by atoms with E-state index in [2.05, 4.69) is 50.1 Å². The van der Waals surface area contributed by atoms with Crippen molar-refractivity contribution in [2.75, 3.05) is 20.1 Å². The summed E-state index contributed by atoms with van der Waals surface area (Å²) < 4.78 is 0. The molecule has 1 aromatic rings. The van der Waals surface area contributed by atoms with Crippen molar-refractivity contribution in [2.24, 2.45) is 5.73 Å². The van der Waals surface area contributed by atoms with E-state index < -0.39 is 0 Å². The fraction of sp³-hybridized carbons (Fsp3) is 0.571. The lowest BCUT2D eigenvalue weighted by atomic mass is 10.0. The second-order valence-electron chi connectivity index (χ2n) is 4.46. The van der Waals surface area contributed by atoms with Crippen molar-refractivity contribution >= 4 is 0 Å². The smallest absolute Gasteiger partial charge is 0.0424 e. The number of benzene rings is 1. The zero-order valence-corrected chi connectivity index (χ0v) is 10.7. The molecule has 0 spiro atoms. The molecule has 0 heterocycles. The minimum atomic E-state index is 0.127. The van der Waals surface area contributed by atoms with Crippen LogP contribution in [0.25, 0.3) is 0 Å². The molecule has 2 nitrogen and oxygen atoms in total. The highest BCUT2D eigenvalue weighted by Crippen LogP contribution is 2.13. The van der Waals surface area contributed by atoms with Gasteiger partial charge in [-0.1, -0.05) is 38.1 Å². The molecule has 0 amide bonds. The van der Waals surface area contributed by atoms with E-state index in [1.807, 2.05) is 0 Å². The van der Waals surface area contributed by atoms with Crippen molar-refractivity contribution in [1.82, 2.24) is 4.90 Å². The number of likely N-dealkylation sites (N-methyl/N-ethyl adjacent to an activating group) is 1. The first-order valence-electron chi connectivity index (χ1n) is 6.20. The lowest BCUT2D eigenvalue weighted by molar-refractivity contribution is 0.313. The molecule has 0 aliphatic heterocycles. The first-order valence-corrected chi connectivity index (χ1v) is 6.20. The molecule has 0 aliphatic carbocycles. The summed E-state index contributed by atoms with van der Waals surface area (Å²) >= 11 is 0. The van der Waals surface area contributed by atoms with Gasteiger partial charge < -0.3 is 10.6 Å². The van der Waals surface area contributed by atoms with E-state index in [1.54, 1.807) is 0 Å². The van der Waals surface area contributed by atoms with Crippen LogP contribution in [0.15, 0.2) is 24.3 Å². The van der Waals surface area contributed by atoms with Crippen molar-refractivity contribution < 1.29 is 0 Å². The summed E-state index contributed by atoms with van der Waals surface area (Å²) in [5, 5.41) is 0. The quantitative estimate of drug-likeness (QED) is 0.798. The second kappa shape index (κ2) is 6.66. The van der Waals surface area contributed by atoms with Gasteiger partial charge >= 0.3 is 0 Å². The fourth-order valence-electron chi connectivity index (χ4n) is 1.91. The Bertz CT molecular complexity index is 292. The molecule has 1 rings (SSSR count). The van der Waals surface area contributed by atoms with E-state index in [0.29, 0.717) is 0 Å². The van der Waals surface area contributed by atoms with E-state index in [9.17, 15) is 0 Å². The molecule has 0 fully saturated rings. The Balaban J connectivity index is 2.55. The number of rotatable bonds is 6. The summed E-state index contributed by atoms with van der Waals surface area (Å²) in [6.07, 6.45) is 2.27. The molecule has 1 unspecified atom stereocenters. The first-order chi connectivity index (χ1) is 7.67. The highest BCUT2D eigenvalue weighted by Gasteiger charge is 2.08. The summed E-state index contributed by atoms with van der Waals surface area (Å²) in [5.41, 5.74) is 8.79. The molecular weight excluding hydrogens is 196 g/mol. The van der Waals surface area contributed by atoms with Gasteiger partial charge in [-0.15, -0.1) is 0 Å². The molecule has 2 N–H and O–H groups in total. The van der Waals surface area contributed by atoms with Gasteiger partial charge in [0.1, 0.15) is 0 Å². The molecule has 90 valence electrons. The van der Waals surface area contributed by atoms with E-state index in [0.717, 1.165) is 19.5 Å². The molecule has 0 saturated carbocycles. The average Bonchev–Trinajstić information content (AvgIpc) is 2.29. The number of hydrogen-bond acceptors (Lipinski definition) is 2. The summed E-state index contributed by atoms with van der Waals surface area (Å²) in [7, 11) is 2.13. The predicted octanol–water partition coefficient (Wildman–Crippen LogP) is 2.59. The summed E-state index contributed by atoms with van der Waals surface area (Å²) in [6, 6.07) is 8.79. The molecule has 0 aromatic heterocycles. The van der Waals surface area contributed by atoms with E-state index in [-0.39, 0.29) is 6.04 Å². The van der Waals surface area contributed by atoms with Crippen LogP contribution < -0.4 is 5.73 Å². The minimum Gasteiger partial charge on any atom is -0.323 e. The van der Waals surface area contributed by atoms with Crippen molar-refractivity contribution in [3.05, 3.63) is 35.4 Å². The minimum absolute atomic E-state index is 0.127. The molecule has 1 aromatic carbocycles. The summed E-state index contributed by atoms with van der Waals surface area (Å²) in [5.74, 6) is 0. The monoisotopic (exact) mass is 220 g/mol. The average molecular weight is 220 g/mol. The number of nitrogens with zero attached hydrogens (tertiary/aromatic N) is 1. The van der Waals surface area contributed by atoms with Crippen LogP contribution in [0.5, 0.6) is 0 Å². The van der Waals surface area contributed by atoms with Crippen molar-refractivity contribution in [3.63, 3.8) is 0 Å². The lowest BCUT2D eigenvalue weighted by Crippen LogP contribution is -2.29. The Morgan fingerprint density at radius 1 is 1.19 bits per heavy atom. The van der Waals surface area contributed by atoms with Crippen LogP contribution in [0.1, 0.15) is 37.4 Å². The zero-order chi connectivity index (χ0) is 12.0. The maximum Gasteiger partial charge on any atom is 0.0424 e. The Labute approximate surface area is 99.5 Å². The molecule has 0 saturated heterocycles. The molecule has 1 atom stereocenters. The molecule has 16 heavy (non-hydrogen) atoms. The zero-order valence-electron chi connectivity index (χ0n) is 10.7. The van der Waals surface area contributed by atoms with Gasteiger partial charge in [0.05, 0.1) is 0 Å². The molecule has 0 radical (unpaired) electrons. The van der Waals surface area contributed by atoms with E-state index in [4.69, 9.17) is 5.73 Å². The highest BCUT2D eigenvalue weighted by molar-refractivity contribution is 5.25. The first kappa shape index (κ1) is 13.2. The van der Waals surface area contributed by atoms with Gasteiger partial charge in [-0.2, -0.15) is 0 Å². The van der Waals surface area contributed by atoms with Gasteiger partial charge in [0.2, 0.25) is 0 Å². The topological polar surface area (TPSA) is 29.3 Å². The summed E-state index contributed by atoms with van der Waals surface area (Å²) in [6.45, 7) is 6.40. The molecule has 0 aliphatic rings. The van der Waals surface area contributed by atoms with Gasteiger partial charge in [-0.3, -0.25) is 0 Å². The number of aryl methyl sites for hydroxylation is 1. The van der Waals surface area contributed by atoms with Crippen LogP contribution in [0.4, 0.5) is 0 Å². The highest BCUT2D eigenvalue weighted by atomic mass is 15.1. The second-order valence-corrected chi connectivity index (χ2v) is 4.46. The fourth-order valence-corrected chi connectivity index (χ4v) is 1.91. The van der Waals surface area contributed by atoms with Crippen molar-refractivity contribution in [3.8, 4) is 0 Å². The van der Waals surface area contributed by atoms with E-state index in [1.165, 1.54) is 17.5 Å². The van der Waals surface area contributed by atoms with Gasteiger partial charge in [0.15, 0.2) is 0 Å². The largest absolute Gasteiger partial charge is 0.323 e. The molecule has 0 bridgehead atoms. The third-order valence-electron chi connectivity index (χ3n) is 2.93. The van der Waals surface area contributed by atoms with Gasteiger partial charge in [-0.05, 0) is 37.6 Å². The lowest BCUT2D eigenvalue weighted by Gasteiger charge is -2.21. The van der Waals surface area contributed by atoms with Crippen LogP contribution in [-0.2, 0) is 6.42 Å².